The monoisotopic (exact) mass is 400 g/mol. The van der Waals surface area contributed by atoms with Crippen LogP contribution in [0.25, 0.3) is 5.69 Å². The van der Waals surface area contributed by atoms with Crippen molar-refractivity contribution in [3.63, 3.8) is 0 Å². The number of hydrogen-bond acceptors (Lipinski definition) is 3. The minimum Gasteiger partial charge on any atom is -0.455 e. The van der Waals surface area contributed by atoms with E-state index < -0.39 is 0 Å². The van der Waals surface area contributed by atoms with Gasteiger partial charge in [0.2, 0.25) is 0 Å². The number of esters is 1. The largest absolute Gasteiger partial charge is 0.455 e. The molecule has 154 valence electrons. The van der Waals surface area contributed by atoms with E-state index in [9.17, 15) is 4.79 Å². The van der Waals surface area contributed by atoms with Gasteiger partial charge < -0.3 is 4.74 Å². The number of benzene rings is 2. The normalized spacial score (nSPS) is 23.4. The molecule has 30 heavy (non-hydrogen) atoms. The molecule has 5 rings (SSSR count). The van der Waals surface area contributed by atoms with E-state index in [0.29, 0.717) is 11.5 Å². The first-order valence-corrected chi connectivity index (χ1v) is 10.7. The zero-order valence-corrected chi connectivity index (χ0v) is 18.1. The lowest BCUT2D eigenvalue weighted by Gasteiger charge is -2.35. The van der Waals surface area contributed by atoms with E-state index in [4.69, 9.17) is 9.84 Å². The minimum absolute atomic E-state index is 0.0645. The lowest BCUT2D eigenvalue weighted by atomic mass is 9.70. The number of para-hydroxylation sites is 1. The van der Waals surface area contributed by atoms with Crippen molar-refractivity contribution in [3.05, 3.63) is 82.7 Å². The fourth-order valence-corrected chi connectivity index (χ4v) is 5.57. The molecule has 1 heterocycles. The van der Waals surface area contributed by atoms with Gasteiger partial charge in [-0.25, -0.2) is 9.48 Å². The summed E-state index contributed by atoms with van der Waals surface area (Å²) in [5.74, 6) is 0.148. The highest BCUT2D eigenvalue weighted by Crippen LogP contribution is 2.68. The first kappa shape index (κ1) is 19.1. The Bertz CT molecular complexity index is 1110. The van der Waals surface area contributed by atoms with Crippen molar-refractivity contribution in [1.82, 2.24) is 9.78 Å². The van der Waals surface area contributed by atoms with E-state index in [1.54, 1.807) is 0 Å². The van der Waals surface area contributed by atoms with Gasteiger partial charge >= 0.3 is 5.97 Å². The molecule has 0 unspecified atom stereocenters. The summed E-state index contributed by atoms with van der Waals surface area (Å²) in [5, 5.41) is 4.97. The second-order valence-corrected chi connectivity index (χ2v) is 9.54. The van der Waals surface area contributed by atoms with Crippen LogP contribution in [-0.4, -0.2) is 15.7 Å². The molecule has 0 amide bonds. The van der Waals surface area contributed by atoms with Crippen molar-refractivity contribution in [2.24, 2.45) is 5.41 Å². The van der Waals surface area contributed by atoms with Crippen molar-refractivity contribution >= 4 is 5.97 Å². The Morgan fingerprint density at radius 1 is 1.10 bits per heavy atom. The zero-order valence-electron chi connectivity index (χ0n) is 18.1. The molecule has 4 nitrogen and oxygen atoms in total. The molecule has 1 saturated carbocycles. The topological polar surface area (TPSA) is 44.1 Å². The zero-order chi connectivity index (χ0) is 21.1. The number of aryl methyl sites for hydroxylation is 1. The molecule has 2 aromatic carbocycles. The number of ether oxygens (including phenoxy) is 1. The molecule has 2 atom stereocenters. The van der Waals surface area contributed by atoms with Crippen LogP contribution in [0, 0.1) is 12.3 Å². The van der Waals surface area contributed by atoms with Gasteiger partial charge in [0.15, 0.2) is 0 Å². The maximum absolute atomic E-state index is 12.6. The Labute approximate surface area is 177 Å². The molecule has 2 aliphatic rings. The van der Waals surface area contributed by atoms with Gasteiger partial charge in [-0.05, 0) is 55.4 Å². The summed E-state index contributed by atoms with van der Waals surface area (Å²) >= 11 is 0. The van der Waals surface area contributed by atoms with Crippen LogP contribution in [0.1, 0.15) is 72.4 Å². The Kier molecular flexibility index (Phi) is 4.18. The van der Waals surface area contributed by atoms with Gasteiger partial charge in [0.1, 0.15) is 12.3 Å². The van der Waals surface area contributed by atoms with Crippen LogP contribution in [0.15, 0.2) is 54.6 Å². The first-order valence-electron chi connectivity index (χ1n) is 10.7. The maximum Gasteiger partial charge on any atom is 0.338 e. The van der Waals surface area contributed by atoms with E-state index in [-0.39, 0.29) is 23.4 Å². The molecule has 4 heteroatoms. The summed E-state index contributed by atoms with van der Waals surface area (Å²) in [4.78, 5) is 12.6. The van der Waals surface area contributed by atoms with Crippen molar-refractivity contribution < 1.29 is 9.53 Å². The summed E-state index contributed by atoms with van der Waals surface area (Å²) in [7, 11) is 0. The van der Waals surface area contributed by atoms with Crippen molar-refractivity contribution in [2.75, 3.05) is 0 Å². The number of rotatable bonds is 4. The molecule has 0 saturated heterocycles. The highest BCUT2D eigenvalue weighted by molar-refractivity contribution is 5.89. The maximum atomic E-state index is 12.6. The molecule has 2 aliphatic carbocycles. The van der Waals surface area contributed by atoms with Gasteiger partial charge in [0.25, 0.3) is 0 Å². The van der Waals surface area contributed by atoms with Crippen molar-refractivity contribution in [1.29, 1.82) is 0 Å². The molecule has 3 aromatic rings. The van der Waals surface area contributed by atoms with E-state index in [1.165, 1.54) is 17.7 Å². The van der Waals surface area contributed by atoms with Gasteiger partial charge in [-0.1, -0.05) is 56.7 Å². The smallest absolute Gasteiger partial charge is 0.338 e. The Hall–Kier alpha value is -2.88. The first-order chi connectivity index (χ1) is 14.3. The Morgan fingerprint density at radius 2 is 1.80 bits per heavy atom. The molecular formula is C26H28N2O2. The molecular weight excluding hydrogens is 372 g/mol. The van der Waals surface area contributed by atoms with Gasteiger partial charge in [-0.2, -0.15) is 5.10 Å². The standard InChI is InChI=1S/C26H28N2O2/c1-17-10-12-18(13-11-17)24(29)30-16-21-22-20-14-15-26(4,25(20,2)3)23(22)28(27-21)19-8-6-5-7-9-19/h5-13,20H,14-16H2,1-4H3/t20-,26-/m0/s1. The molecule has 0 spiro atoms. The summed E-state index contributed by atoms with van der Waals surface area (Å²) in [6, 6.07) is 17.8. The highest BCUT2D eigenvalue weighted by atomic mass is 16.5. The average molecular weight is 401 g/mol. The predicted molar refractivity (Wildman–Crippen MR) is 117 cm³/mol. The second-order valence-electron chi connectivity index (χ2n) is 9.54. The van der Waals surface area contributed by atoms with E-state index in [2.05, 4.69) is 37.6 Å². The second kappa shape index (κ2) is 6.56. The number of aromatic nitrogens is 2. The third-order valence-electron chi connectivity index (χ3n) is 7.72. The molecule has 2 bridgehead atoms. The Morgan fingerprint density at radius 3 is 2.50 bits per heavy atom. The highest BCUT2D eigenvalue weighted by Gasteiger charge is 2.62. The molecule has 0 radical (unpaired) electrons. The quantitative estimate of drug-likeness (QED) is 0.527. The van der Waals surface area contributed by atoms with Gasteiger partial charge in [0.05, 0.1) is 16.9 Å². The SMILES string of the molecule is Cc1ccc(C(=O)OCc2nn(-c3ccccc3)c3c2[C@@H]2CC[C@]3(C)C2(C)C)cc1. The van der Waals surface area contributed by atoms with Gasteiger partial charge in [-0.15, -0.1) is 0 Å². The number of fused-ring (bicyclic) bond motifs is 5. The van der Waals surface area contributed by atoms with Gasteiger partial charge in [-0.3, -0.25) is 0 Å². The number of hydrogen-bond donors (Lipinski definition) is 0. The van der Waals surface area contributed by atoms with Crippen LogP contribution < -0.4 is 0 Å². The summed E-state index contributed by atoms with van der Waals surface area (Å²) < 4.78 is 7.82. The number of carbonyl (C=O) groups excluding carboxylic acids is 1. The summed E-state index contributed by atoms with van der Waals surface area (Å²) in [6.07, 6.45) is 2.33. The minimum atomic E-state index is -0.299. The summed E-state index contributed by atoms with van der Waals surface area (Å²) in [5.41, 5.74) is 6.49. The number of carbonyl (C=O) groups is 1. The molecule has 0 aliphatic heterocycles. The molecule has 0 N–H and O–H groups in total. The van der Waals surface area contributed by atoms with Crippen molar-refractivity contribution in [3.8, 4) is 5.69 Å². The fourth-order valence-electron chi connectivity index (χ4n) is 5.57. The average Bonchev–Trinajstić information content (AvgIpc) is 3.29. The van der Waals surface area contributed by atoms with Crippen LogP contribution in [-0.2, 0) is 16.8 Å². The lowest BCUT2D eigenvalue weighted by Crippen LogP contribution is -2.33. The lowest BCUT2D eigenvalue weighted by molar-refractivity contribution is 0.0465. The van der Waals surface area contributed by atoms with E-state index >= 15 is 0 Å². The molecule has 1 aromatic heterocycles. The Balaban J connectivity index is 1.53. The molecule has 1 fully saturated rings. The predicted octanol–water partition coefficient (Wildman–Crippen LogP) is 5.71. The van der Waals surface area contributed by atoms with E-state index in [1.807, 2.05) is 49.4 Å². The van der Waals surface area contributed by atoms with Gasteiger partial charge in [0, 0.05) is 11.0 Å². The van der Waals surface area contributed by atoms with Crippen LogP contribution in [0.4, 0.5) is 0 Å². The fraction of sp³-hybridized carbons (Fsp3) is 0.385. The van der Waals surface area contributed by atoms with Crippen LogP contribution in [0.5, 0.6) is 0 Å². The van der Waals surface area contributed by atoms with Crippen molar-refractivity contribution in [2.45, 2.75) is 58.5 Å². The van der Waals surface area contributed by atoms with E-state index in [0.717, 1.165) is 23.4 Å². The summed E-state index contributed by atoms with van der Waals surface area (Å²) in [6.45, 7) is 9.34. The third kappa shape index (κ3) is 2.59. The van der Waals surface area contributed by atoms with Crippen LogP contribution >= 0.6 is 0 Å². The number of nitrogens with zero attached hydrogens (tertiary/aromatic N) is 2. The van der Waals surface area contributed by atoms with Crippen LogP contribution in [0.3, 0.4) is 0 Å². The third-order valence-corrected chi connectivity index (χ3v) is 7.72. The van der Waals surface area contributed by atoms with Crippen LogP contribution in [0.2, 0.25) is 0 Å².